The fourth-order valence-electron chi connectivity index (χ4n) is 3.59. The van der Waals surface area contributed by atoms with Crippen LogP contribution in [0.1, 0.15) is 32.0 Å². The number of aryl methyl sites for hydroxylation is 1. The van der Waals surface area contributed by atoms with E-state index in [4.69, 9.17) is 21.0 Å². The Hall–Kier alpha value is -2.53. The van der Waals surface area contributed by atoms with Gasteiger partial charge in [-0.15, -0.1) is 0 Å². The lowest BCUT2D eigenvalue weighted by molar-refractivity contribution is 0.276. The van der Waals surface area contributed by atoms with Crippen molar-refractivity contribution in [1.29, 1.82) is 0 Å². The average molecular weight is 475 g/mol. The highest BCUT2D eigenvalue weighted by Crippen LogP contribution is 2.38. The molecule has 5 heteroatoms. The molecule has 33 heavy (non-hydrogen) atoms. The molecule has 0 atom stereocenters. The third-order valence-electron chi connectivity index (χ3n) is 6.69. The van der Waals surface area contributed by atoms with E-state index in [1.54, 1.807) is 0 Å². The summed E-state index contributed by atoms with van der Waals surface area (Å²) >= 11 is 6.24. The third-order valence-corrected chi connectivity index (χ3v) is 11.4. The monoisotopic (exact) mass is 474 g/mol. The summed E-state index contributed by atoms with van der Waals surface area (Å²) in [5, 5.41) is 1.67. The van der Waals surface area contributed by atoms with E-state index in [1.807, 2.05) is 19.1 Å². The summed E-state index contributed by atoms with van der Waals surface area (Å²) in [6.45, 7) is 14.0. The van der Waals surface area contributed by atoms with Crippen LogP contribution in [-0.4, -0.2) is 18.3 Å². The van der Waals surface area contributed by atoms with Gasteiger partial charge in [0.25, 0.3) is 0 Å². The van der Waals surface area contributed by atoms with Crippen molar-refractivity contribution in [2.24, 2.45) is 0 Å². The third kappa shape index (κ3) is 5.03. The van der Waals surface area contributed by atoms with Crippen LogP contribution >= 0.6 is 11.6 Å². The predicted octanol–water partition coefficient (Wildman–Crippen LogP) is 8.45. The molecule has 0 spiro atoms. The van der Waals surface area contributed by atoms with Gasteiger partial charge in [0, 0.05) is 28.3 Å². The van der Waals surface area contributed by atoms with Gasteiger partial charge in [-0.3, -0.25) is 0 Å². The zero-order valence-electron chi connectivity index (χ0n) is 20.2. The number of hydrogen-bond donors (Lipinski definition) is 0. The van der Waals surface area contributed by atoms with E-state index in [-0.39, 0.29) is 5.04 Å². The number of aromatic nitrogens is 2. The zero-order valence-corrected chi connectivity index (χ0v) is 22.0. The second-order valence-electron chi connectivity index (χ2n) is 10.1. The number of benzene rings is 2. The second kappa shape index (κ2) is 9.01. The summed E-state index contributed by atoms with van der Waals surface area (Å²) in [6, 6.07) is 23.0. The molecule has 0 radical (unpaired) electrons. The van der Waals surface area contributed by atoms with Crippen molar-refractivity contribution >= 4 is 30.8 Å². The molecule has 2 aromatic heterocycles. The van der Waals surface area contributed by atoms with Crippen molar-refractivity contribution in [3.63, 3.8) is 0 Å². The lowest BCUT2D eigenvalue weighted by atomic mass is 9.97. The van der Waals surface area contributed by atoms with Gasteiger partial charge in [0.2, 0.25) is 0 Å². The molecule has 4 rings (SSSR count). The maximum Gasteiger partial charge on any atom is 0.192 e. The summed E-state index contributed by atoms with van der Waals surface area (Å²) in [5.74, 6) is 0. The van der Waals surface area contributed by atoms with Crippen molar-refractivity contribution < 1.29 is 4.43 Å². The quantitative estimate of drug-likeness (QED) is 0.215. The Kier molecular flexibility index (Phi) is 6.45. The smallest absolute Gasteiger partial charge is 0.192 e. The van der Waals surface area contributed by atoms with Crippen LogP contribution in [0.25, 0.3) is 33.3 Å². The molecule has 0 fully saturated rings. The summed E-state index contributed by atoms with van der Waals surface area (Å²) < 4.78 is 6.40. The van der Waals surface area contributed by atoms with Gasteiger partial charge in [0.1, 0.15) is 5.15 Å². The Morgan fingerprint density at radius 1 is 0.879 bits per heavy atom. The van der Waals surface area contributed by atoms with Gasteiger partial charge in [-0.1, -0.05) is 87.0 Å². The maximum absolute atomic E-state index is 6.40. The van der Waals surface area contributed by atoms with E-state index in [0.29, 0.717) is 11.8 Å². The van der Waals surface area contributed by atoms with Crippen LogP contribution < -0.4 is 0 Å². The molecular weight excluding hydrogens is 444 g/mol. The highest BCUT2D eigenvalue weighted by Gasteiger charge is 2.37. The number of hydrogen-bond acceptors (Lipinski definition) is 3. The molecule has 0 bridgehead atoms. The number of fused-ring (bicyclic) bond motifs is 1. The average Bonchev–Trinajstić information content (AvgIpc) is 2.77. The fourth-order valence-corrected chi connectivity index (χ4v) is 4.78. The van der Waals surface area contributed by atoms with Crippen LogP contribution in [0.3, 0.4) is 0 Å². The Bertz CT molecular complexity index is 1280. The molecule has 0 amide bonds. The first-order valence-corrected chi connectivity index (χ1v) is 14.6. The van der Waals surface area contributed by atoms with E-state index in [2.05, 4.69) is 93.4 Å². The van der Waals surface area contributed by atoms with Crippen molar-refractivity contribution in [1.82, 2.24) is 9.97 Å². The topological polar surface area (TPSA) is 35.0 Å². The molecule has 0 unspecified atom stereocenters. The van der Waals surface area contributed by atoms with Gasteiger partial charge in [-0.2, -0.15) is 0 Å². The highest BCUT2D eigenvalue weighted by molar-refractivity contribution is 6.74. The summed E-state index contributed by atoms with van der Waals surface area (Å²) in [4.78, 5) is 9.46. The van der Waals surface area contributed by atoms with Crippen LogP contribution in [0.15, 0.2) is 66.7 Å². The summed E-state index contributed by atoms with van der Waals surface area (Å²) in [5.41, 5.74) is 7.12. The maximum atomic E-state index is 6.40. The Morgan fingerprint density at radius 3 is 2.18 bits per heavy atom. The van der Waals surface area contributed by atoms with E-state index >= 15 is 0 Å². The van der Waals surface area contributed by atoms with E-state index in [0.717, 1.165) is 39.0 Å². The zero-order chi connectivity index (χ0) is 23.8. The van der Waals surface area contributed by atoms with Crippen LogP contribution in [0.2, 0.25) is 23.3 Å². The summed E-state index contributed by atoms with van der Waals surface area (Å²) in [6.07, 6.45) is 0. The highest BCUT2D eigenvalue weighted by atomic mass is 35.5. The minimum atomic E-state index is -1.79. The van der Waals surface area contributed by atoms with Crippen LogP contribution in [-0.2, 0) is 11.0 Å². The first-order chi connectivity index (χ1) is 15.5. The number of rotatable bonds is 5. The number of nitrogens with zero attached hydrogens (tertiary/aromatic N) is 2. The van der Waals surface area contributed by atoms with Crippen LogP contribution in [0.5, 0.6) is 0 Å². The Labute approximate surface area is 203 Å². The fraction of sp³-hybridized carbons (Fsp3) is 0.286. The number of halogens is 1. The largest absolute Gasteiger partial charge is 0.413 e. The lowest BCUT2D eigenvalue weighted by Gasteiger charge is -2.36. The molecule has 0 aliphatic rings. The predicted molar refractivity (Wildman–Crippen MR) is 142 cm³/mol. The van der Waals surface area contributed by atoms with Gasteiger partial charge >= 0.3 is 0 Å². The van der Waals surface area contributed by atoms with Crippen LogP contribution in [0, 0.1) is 6.92 Å². The summed E-state index contributed by atoms with van der Waals surface area (Å²) in [7, 11) is -1.79. The second-order valence-corrected chi connectivity index (χ2v) is 15.3. The van der Waals surface area contributed by atoms with Gasteiger partial charge in [0.15, 0.2) is 8.32 Å². The molecule has 0 aliphatic carbocycles. The molecule has 2 aromatic carbocycles. The molecule has 0 N–H and O–H groups in total. The molecule has 4 aromatic rings. The minimum Gasteiger partial charge on any atom is -0.413 e. The molecule has 2 heterocycles. The first kappa shape index (κ1) is 23.6. The molecule has 0 saturated carbocycles. The molecule has 3 nitrogen and oxygen atoms in total. The molecule has 0 saturated heterocycles. The standard InChI is InChI=1S/C28H31ClN2OSi/c1-19-23-16-24(21-10-8-7-9-11-21)27(31-25(23)17-26(29)30-19)22-14-12-20(13-15-22)18-32-33(5,6)28(2,3)4/h7-17H,18H2,1-6H3. The lowest BCUT2D eigenvalue weighted by Crippen LogP contribution is -2.40. The normalized spacial score (nSPS) is 12.3. The van der Waals surface area contributed by atoms with E-state index in [1.165, 1.54) is 5.56 Å². The Morgan fingerprint density at radius 2 is 1.55 bits per heavy atom. The Balaban J connectivity index is 1.74. The SMILES string of the molecule is Cc1nc(Cl)cc2nc(-c3ccc(CO[Si](C)(C)C(C)(C)C)cc3)c(-c3ccccc3)cc12. The van der Waals surface area contributed by atoms with E-state index < -0.39 is 8.32 Å². The van der Waals surface area contributed by atoms with Gasteiger partial charge in [0.05, 0.1) is 17.8 Å². The van der Waals surface area contributed by atoms with Crippen molar-refractivity contribution in [3.8, 4) is 22.4 Å². The van der Waals surface area contributed by atoms with Crippen molar-refractivity contribution in [3.05, 3.63) is 83.1 Å². The van der Waals surface area contributed by atoms with Crippen LogP contribution in [0.4, 0.5) is 0 Å². The van der Waals surface area contributed by atoms with Gasteiger partial charge in [-0.25, -0.2) is 9.97 Å². The van der Waals surface area contributed by atoms with E-state index in [9.17, 15) is 0 Å². The van der Waals surface area contributed by atoms with Gasteiger partial charge in [-0.05, 0) is 42.2 Å². The molecule has 0 aliphatic heterocycles. The van der Waals surface area contributed by atoms with Crippen molar-refractivity contribution in [2.75, 3.05) is 0 Å². The molecular formula is C28H31ClN2OSi. The molecule has 170 valence electrons. The van der Waals surface area contributed by atoms with Gasteiger partial charge < -0.3 is 4.43 Å². The van der Waals surface area contributed by atoms with Crippen molar-refractivity contribution in [2.45, 2.75) is 52.4 Å². The number of pyridine rings is 2. The minimum absolute atomic E-state index is 0.195. The first-order valence-electron chi connectivity index (χ1n) is 11.3.